The molecule has 0 saturated carbocycles. The van der Waals surface area contributed by atoms with Crippen LogP contribution in [0.2, 0.25) is 0 Å². The molecule has 2 rings (SSSR count). The second kappa shape index (κ2) is 8.21. The van der Waals surface area contributed by atoms with Crippen LogP contribution >= 0.6 is 0 Å². The van der Waals surface area contributed by atoms with Gasteiger partial charge in [-0.3, -0.25) is 4.79 Å². The van der Waals surface area contributed by atoms with Crippen LogP contribution in [0.1, 0.15) is 21.5 Å². The summed E-state index contributed by atoms with van der Waals surface area (Å²) in [5, 5.41) is 24.0. The molecule has 2 aromatic rings. The number of methoxy groups -OCH3 is 1. The van der Waals surface area contributed by atoms with Gasteiger partial charge in [0.15, 0.2) is 0 Å². The lowest BCUT2D eigenvalue weighted by Crippen LogP contribution is -2.29. The van der Waals surface area contributed by atoms with Crippen LogP contribution in [0.25, 0.3) is 0 Å². The Kier molecular flexibility index (Phi) is 5.76. The van der Waals surface area contributed by atoms with Gasteiger partial charge in [0.05, 0.1) is 23.9 Å². The van der Waals surface area contributed by atoms with Crippen molar-refractivity contribution in [3.8, 4) is 17.9 Å². The van der Waals surface area contributed by atoms with Gasteiger partial charge in [0.25, 0.3) is 5.91 Å². The van der Waals surface area contributed by atoms with E-state index in [1.807, 2.05) is 12.1 Å². The summed E-state index contributed by atoms with van der Waals surface area (Å²) in [5.74, 6) is 0.396. The number of carbonyl (C=O) groups excluding carboxylic acids is 1. The summed E-state index contributed by atoms with van der Waals surface area (Å²) in [5.41, 5.74) is 1.78. The molecule has 1 amide bonds. The van der Waals surface area contributed by atoms with Gasteiger partial charge in [0, 0.05) is 18.7 Å². The summed E-state index contributed by atoms with van der Waals surface area (Å²) < 4.78 is 5.09. The van der Waals surface area contributed by atoms with Gasteiger partial charge in [-0.1, -0.05) is 12.1 Å². The second-order valence-electron chi connectivity index (χ2n) is 4.87. The van der Waals surface area contributed by atoms with Gasteiger partial charge in [0.1, 0.15) is 17.9 Å². The predicted molar refractivity (Wildman–Crippen MR) is 89.7 cm³/mol. The van der Waals surface area contributed by atoms with E-state index in [9.17, 15) is 4.79 Å². The van der Waals surface area contributed by atoms with Gasteiger partial charge in [-0.2, -0.15) is 10.5 Å². The molecule has 0 fully saturated rings. The molecule has 0 radical (unpaired) electrons. The Balaban J connectivity index is 1.93. The lowest BCUT2D eigenvalue weighted by molar-refractivity contribution is 0.0955. The molecule has 0 aliphatic rings. The van der Waals surface area contributed by atoms with Crippen LogP contribution in [0.4, 0.5) is 5.69 Å². The lowest BCUT2D eigenvalue weighted by atomic mass is 10.1. The third-order valence-corrected chi connectivity index (χ3v) is 3.35. The predicted octanol–water partition coefficient (Wildman–Crippen LogP) is 2.28. The highest BCUT2D eigenvalue weighted by Gasteiger charge is 2.08. The fourth-order valence-electron chi connectivity index (χ4n) is 2.16. The van der Waals surface area contributed by atoms with Gasteiger partial charge in [-0.25, -0.2) is 0 Å². The number of nitriles is 2. The van der Waals surface area contributed by atoms with Crippen molar-refractivity contribution in [2.75, 3.05) is 25.5 Å². The normalized spacial score (nSPS) is 9.46. The molecule has 0 atom stereocenters. The molecule has 0 heterocycles. The first-order valence-electron chi connectivity index (χ1n) is 7.29. The maximum atomic E-state index is 12.1. The van der Waals surface area contributed by atoms with Crippen molar-refractivity contribution < 1.29 is 9.53 Å². The Morgan fingerprint density at radius 2 is 1.75 bits per heavy atom. The minimum Gasteiger partial charge on any atom is -0.497 e. The summed E-state index contributed by atoms with van der Waals surface area (Å²) in [6.45, 7) is 0.740. The van der Waals surface area contributed by atoms with E-state index in [2.05, 4.69) is 10.6 Å². The van der Waals surface area contributed by atoms with Crippen molar-refractivity contribution in [1.29, 1.82) is 10.5 Å². The van der Waals surface area contributed by atoms with Gasteiger partial charge in [-0.15, -0.1) is 0 Å². The van der Waals surface area contributed by atoms with E-state index in [4.69, 9.17) is 15.3 Å². The highest BCUT2D eigenvalue weighted by Crippen LogP contribution is 2.19. The molecule has 0 aliphatic carbocycles. The quantitative estimate of drug-likeness (QED) is 0.796. The van der Waals surface area contributed by atoms with Crippen molar-refractivity contribution in [3.63, 3.8) is 0 Å². The molecule has 0 unspecified atom stereocenters. The molecule has 6 nitrogen and oxygen atoms in total. The number of ether oxygens (including phenoxy) is 1. The molecule has 2 N–H and O–H groups in total. The van der Waals surface area contributed by atoms with Crippen molar-refractivity contribution in [1.82, 2.24) is 5.32 Å². The number of amides is 1. The van der Waals surface area contributed by atoms with Gasteiger partial charge < -0.3 is 15.4 Å². The maximum absolute atomic E-state index is 12.1. The standard InChI is InChI=1S/C18H16N4O2/c1-24-16-7-3-4-13(10-16)18(23)22-9-8-21-17-14(11-19)5-2-6-15(17)12-20/h2-7,10,21H,8-9H2,1H3,(H,22,23). The number of anilines is 1. The van der Waals surface area contributed by atoms with E-state index in [1.165, 1.54) is 0 Å². The largest absolute Gasteiger partial charge is 0.497 e. The zero-order valence-corrected chi connectivity index (χ0v) is 13.2. The molecule has 24 heavy (non-hydrogen) atoms. The second-order valence-corrected chi connectivity index (χ2v) is 4.87. The Bertz CT molecular complexity index is 786. The van der Waals surface area contributed by atoms with Crippen LogP contribution in [0, 0.1) is 22.7 Å². The van der Waals surface area contributed by atoms with Crippen molar-refractivity contribution in [2.45, 2.75) is 0 Å². The smallest absolute Gasteiger partial charge is 0.251 e. The highest BCUT2D eigenvalue weighted by molar-refractivity contribution is 5.94. The van der Waals surface area contributed by atoms with Crippen LogP contribution in [0.3, 0.4) is 0 Å². The van der Waals surface area contributed by atoms with E-state index in [0.717, 1.165) is 0 Å². The minimum absolute atomic E-state index is 0.218. The van der Waals surface area contributed by atoms with Gasteiger partial charge in [-0.05, 0) is 30.3 Å². The molecule has 6 heteroatoms. The SMILES string of the molecule is COc1cccc(C(=O)NCCNc2c(C#N)cccc2C#N)c1. The molecule has 0 bridgehead atoms. The summed E-state index contributed by atoms with van der Waals surface area (Å²) in [7, 11) is 1.54. The van der Waals surface area contributed by atoms with E-state index in [1.54, 1.807) is 49.6 Å². The topological polar surface area (TPSA) is 97.9 Å². The third kappa shape index (κ3) is 4.02. The number of benzene rings is 2. The van der Waals surface area contributed by atoms with Crippen LogP contribution < -0.4 is 15.4 Å². The molecule has 0 aliphatic heterocycles. The monoisotopic (exact) mass is 320 g/mol. The average molecular weight is 320 g/mol. The molecule has 120 valence electrons. The Hall–Kier alpha value is -3.51. The summed E-state index contributed by atoms with van der Waals surface area (Å²) in [6, 6.07) is 15.9. The lowest BCUT2D eigenvalue weighted by Gasteiger charge is -2.11. The molecule has 0 spiro atoms. The first-order valence-corrected chi connectivity index (χ1v) is 7.29. The number of carbonyl (C=O) groups is 1. The average Bonchev–Trinajstić information content (AvgIpc) is 2.64. The van der Waals surface area contributed by atoms with Crippen molar-refractivity contribution >= 4 is 11.6 Å². The Morgan fingerprint density at radius 3 is 2.38 bits per heavy atom. The summed E-state index contributed by atoms with van der Waals surface area (Å²) in [6.07, 6.45) is 0. The first kappa shape index (κ1) is 16.9. The highest BCUT2D eigenvalue weighted by atomic mass is 16.5. The van der Waals surface area contributed by atoms with Gasteiger partial charge in [0.2, 0.25) is 0 Å². The fraction of sp³-hybridized carbons (Fsp3) is 0.167. The van der Waals surface area contributed by atoms with Crippen LogP contribution in [0.5, 0.6) is 5.75 Å². The number of hydrogen-bond donors (Lipinski definition) is 2. The first-order chi connectivity index (χ1) is 11.7. The molecule has 2 aromatic carbocycles. The van der Waals surface area contributed by atoms with E-state index in [-0.39, 0.29) is 5.91 Å². The Labute approximate surface area is 140 Å². The zero-order valence-electron chi connectivity index (χ0n) is 13.2. The number of nitrogens with one attached hydrogen (secondary N) is 2. The fourth-order valence-corrected chi connectivity index (χ4v) is 2.16. The molecule has 0 aromatic heterocycles. The van der Waals surface area contributed by atoms with Crippen LogP contribution in [-0.4, -0.2) is 26.1 Å². The third-order valence-electron chi connectivity index (χ3n) is 3.35. The maximum Gasteiger partial charge on any atom is 0.251 e. The van der Waals surface area contributed by atoms with Crippen LogP contribution in [-0.2, 0) is 0 Å². The number of nitrogens with zero attached hydrogens (tertiary/aromatic N) is 2. The summed E-state index contributed by atoms with van der Waals surface area (Å²) >= 11 is 0. The summed E-state index contributed by atoms with van der Waals surface area (Å²) in [4.78, 5) is 12.1. The number of hydrogen-bond acceptors (Lipinski definition) is 5. The van der Waals surface area contributed by atoms with Crippen molar-refractivity contribution in [3.05, 3.63) is 59.2 Å². The van der Waals surface area contributed by atoms with E-state index < -0.39 is 0 Å². The molecular weight excluding hydrogens is 304 g/mol. The molecule has 0 saturated heterocycles. The van der Waals surface area contributed by atoms with Crippen LogP contribution in [0.15, 0.2) is 42.5 Å². The van der Waals surface area contributed by atoms with Gasteiger partial charge >= 0.3 is 0 Å². The van der Waals surface area contributed by atoms with E-state index >= 15 is 0 Å². The minimum atomic E-state index is -0.218. The van der Waals surface area contributed by atoms with Crippen molar-refractivity contribution in [2.24, 2.45) is 0 Å². The molecular formula is C18H16N4O2. The van der Waals surface area contributed by atoms with E-state index in [0.29, 0.717) is 41.2 Å². The zero-order chi connectivity index (χ0) is 17.4. The number of para-hydroxylation sites is 1. The number of rotatable bonds is 6. The Morgan fingerprint density at radius 1 is 1.08 bits per heavy atom.